The highest BCUT2D eigenvalue weighted by Crippen LogP contribution is 2.28. The van der Waals surface area contributed by atoms with Gasteiger partial charge in [0.1, 0.15) is 0 Å². The first-order valence-corrected chi connectivity index (χ1v) is 7.03. The number of hydrogen-bond donors (Lipinski definition) is 1. The third-order valence-corrected chi connectivity index (χ3v) is 4.08. The van der Waals surface area contributed by atoms with E-state index < -0.39 is 0 Å². The zero-order valence-corrected chi connectivity index (χ0v) is 11.1. The van der Waals surface area contributed by atoms with Crippen molar-refractivity contribution in [2.24, 2.45) is 5.73 Å². The van der Waals surface area contributed by atoms with Gasteiger partial charge < -0.3 is 5.73 Å². The summed E-state index contributed by atoms with van der Waals surface area (Å²) in [6.45, 7) is 2.87. The molecule has 1 heterocycles. The fourth-order valence-electron chi connectivity index (χ4n) is 1.86. The lowest BCUT2D eigenvalue weighted by Crippen LogP contribution is -1.91. The van der Waals surface area contributed by atoms with Crippen molar-refractivity contribution >= 4 is 11.3 Å². The minimum absolute atomic E-state index is 0.638. The molecule has 0 aliphatic rings. The molecule has 0 bridgehead atoms. The van der Waals surface area contributed by atoms with Crippen LogP contribution in [0.2, 0.25) is 0 Å². The van der Waals surface area contributed by atoms with Gasteiger partial charge in [-0.25, -0.2) is 0 Å². The first-order valence-electron chi connectivity index (χ1n) is 6.21. The Morgan fingerprint density at radius 2 is 1.82 bits per heavy atom. The molecule has 1 aromatic heterocycles. The van der Waals surface area contributed by atoms with Crippen LogP contribution in [0, 0.1) is 0 Å². The van der Waals surface area contributed by atoms with E-state index in [1.54, 1.807) is 11.3 Å². The second-order valence-electron chi connectivity index (χ2n) is 4.27. The lowest BCUT2D eigenvalue weighted by atomic mass is 10.1. The van der Waals surface area contributed by atoms with E-state index in [9.17, 15) is 0 Å². The van der Waals surface area contributed by atoms with Gasteiger partial charge in [0.25, 0.3) is 0 Å². The average molecular weight is 245 g/mol. The van der Waals surface area contributed by atoms with Crippen molar-refractivity contribution in [1.82, 2.24) is 0 Å². The zero-order valence-electron chi connectivity index (χ0n) is 10.3. The highest BCUT2D eigenvalue weighted by molar-refractivity contribution is 7.15. The third kappa shape index (κ3) is 3.18. The summed E-state index contributed by atoms with van der Waals surface area (Å²) in [5.74, 6) is 0. The fourth-order valence-corrected chi connectivity index (χ4v) is 2.75. The van der Waals surface area contributed by atoms with Crippen molar-refractivity contribution in [3.63, 3.8) is 0 Å². The highest BCUT2D eigenvalue weighted by Gasteiger charge is 2.01. The molecule has 2 heteroatoms. The summed E-state index contributed by atoms with van der Waals surface area (Å²) in [5.41, 5.74) is 8.37. The van der Waals surface area contributed by atoms with Crippen molar-refractivity contribution in [1.29, 1.82) is 0 Å². The number of nitrogens with two attached hydrogens (primary N) is 1. The largest absolute Gasteiger partial charge is 0.326 e. The highest BCUT2D eigenvalue weighted by atomic mass is 32.1. The van der Waals surface area contributed by atoms with Crippen molar-refractivity contribution in [2.45, 2.75) is 32.7 Å². The molecule has 0 aliphatic carbocycles. The maximum Gasteiger partial charge on any atom is 0.0346 e. The molecular weight excluding hydrogens is 226 g/mol. The molecule has 17 heavy (non-hydrogen) atoms. The summed E-state index contributed by atoms with van der Waals surface area (Å²) < 4.78 is 0. The lowest BCUT2D eigenvalue weighted by Gasteiger charge is -2.02. The molecule has 0 spiro atoms. The molecule has 90 valence electrons. The maximum absolute atomic E-state index is 5.63. The predicted octanol–water partition coefficient (Wildman–Crippen LogP) is 4.22. The van der Waals surface area contributed by atoms with E-state index in [0.29, 0.717) is 6.54 Å². The summed E-state index contributed by atoms with van der Waals surface area (Å²) in [5, 5.41) is 0. The molecule has 0 unspecified atom stereocenters. The maximum atomic E-state index is 5.63. The molecule has 0 saturated heterocycles. The Morgan fingerprint density at radius 3 is 2.41 bits per heavy atom. The van der Waals surface area contributed by atoms with Crippen LogP contribution in [0.3, 0.4) is 0 Å². The number of hydrogen-bond acceptors (Lipinski definition) is 2. The first-order chi connectivity index (χ1) is 8.33. The van der Waals surface area contributed by atoms with Crippen molar-refractivity contribution in [2.75, 3.05) is 0 Å². The minimum atomic E-state index is 0.638. The second-order valence-corrected chi connectivity index (χ2v) is 5.44. The summed E-state index contributed by atoms with van der Waals surface area (Å²) >= 11 is 1.78. The minimum Gasteiger partial charge on any atom is -0.326 e. The normalized spacial score (nSPS) is 10.7. The van der Waals surface area contributed by atoms with Gasteiger partial charge in [-0.15, -0.1) is 11.3 Å². The molecule has 1 aromatic carbocycles. The van der Waals surface area contributed by atoms with Crippen LogP contribution >= 0.6 is 11.3 Å². The number of rotatable bonds is 5. The Labute approximate surface area is 107 Å². The number of aryl methyl sites for hydroxylation is 1. The summed E-state index contributed by atoms with van der Waals surface area (Å²) in [4.78, 5) is 2.56. The molecule has 0 radical (unpaired) electrons. The number of benzene rings is 1. The molecule has 0 aliphatic heterocycles. The molecule has 2 rings (SSSR count). The topological polar surface area (TPSA) is 26.0 Å². The molecule has 0 atom stereocenters. The van der Waals surface area contributed by atoms with E-state index in [2.05, 4.69) is 43.3 Å². The van der Waals surface area contributed by atoms with Crippen LogP contribution in [0.1, 0.15) is 30.2 Å². The molecule has 0 amide bonds. The molecule has 2 N–H and O–H groups in total. The quantitative estimate of drug-likeness (QED) is 0.838. The van der Waals surface area contributed by atoms with Gasteiger partial charge in [-0.2, -0.15) is 0 Å². The molecule has 0 saturated carbocycles. The van der Waals surface area contributed by atoms with E-state index in [1.807, 2.05) is 0 Å². The standard InChI is InChI=1S/C15H19NS/c1-2-3-4-12-5-7-13(8-6-12)15-10-9-14(11-16)17-15/h5-10H,2-4,11,16H2,1H3. The van der Waals surface area contributed by atoms with Gasteiger partial charge in [-0.05, 0) is 36.1 Å². The zero-order chi connectivity index (χ0) is 12.1. The molecule has 1 nitrogen and oxygen atoms in total. The van der Waals surface area contributed by atoms with Crippen LogP contribution in [-0.4, -0.2) is 0 Å². The Balaban J connectivity index is 2.11. The van der Waals surface area contributed by atoms with Gasteiger partial charge in [0, 0.05) is 16.3 Å². The average Bonchev–Trinajstić information content (AvgIpc) is 2.86. The van der Waals surface area contributed by atoms with E-state index >= 15 is 0 Å². The van der Waals surface area contributed by atoms with Crippen molar-refractivity contribution < 1.29 is 0 Å². The van der Waals surface area contributed by atoms with Crippen LogP contribution in [-0.2, 0) is 13.0 Å². The Bertz CT molecular complexity index is 456. The monoisotopic (exact) mass is 245 g/mol. The van der Waals surface area contributed by atoms with Crippen LogP contribution in [0.5, 0.6) is 0 Å². The third-order valence-electron chi connectivity index (χ3n) is 2.92. The smallest absolute Gasteiger partial charge is 0.0346 e. The van der Waals surface area contributed by atoms with E-state index in [-0.39, 0.29) is 0 Å². The van der Waals surface area contributed by atoms with E-state index in [0.717, 1.165) is 0 Å². The number of thiophene rings is 1. The SMILES string of the molecule is CCCCc1ccc(-c2ccc(CN)s2)cc1. The summed E-state index contributed by atoms with van der Waals surface area (Å²) in [6, 6.07) is 13.2. The summed E-state index contributed by atoms with van der Waals surface area (Å²) in [7, 11) is 0. The van der Waals surface area contributed by atoms with Gasteiger partial charge in [0.05, 0.1) is 0 Å². The first kappa shape index (κ1) is 12.3. The summed E-state index contributed by atoms with van der Waals surface area (Å²) in [6.07, 6.45) is 3.72. The van der Waals surface area contributed by atoms with Gasteiger partial charge >= 0.3 is 0 Å². The van der Waals surface area contributed by atoms with Gasteiger partial charge in [-0.1, -0.05) is 37.6 Å². The van der Waals surface area contributed by atoms with Crippen LogP contribution in [0.25, 0.3) is 10.4 Å². The van der Waals surface area contributed by atoms with Crippen LogP contribution in [0.15, 0.2) is 36.4 Å². The van der Waals surface area contributed by atoms with Gasteiger partial charge in [-0.3, -0.25) is 0 Å². The Morgan fingerprint density at radius 1 is 1.06 bits per heavy atom. The molecule has 0 fully saturated rings. The second kappa shape index (κ2) is 5.99. The fraction of sp³-hybridized carbons (Fsp3) is 0.333. The Hall–Kier alpha value is -1.12. The molecule has 2 aromatic rings. The van der Waals surface area contributed by atoms with Crippen molar-refractivity contribution in [3.05, 3.63) is 46.8 Å². The van der Waals surface area contributed by atoms with Gasteiger partial charge in [0.15, 0.2) is 0 Å². The lowest BCUT2D eigenvalue weighted by molar-refractivity contribution is 0.795. The van der Waals surface area contributed by atoms with E-state index in [1.165, 1.54) is 40.1 Å². The van der Waals surface area contributed by atoms with Gasteiger partial charge in [0.2, 0.25) is 0 Å². The molecular formula is C15H19NS. The van der Waals surface area contributed by atoms with Crippen LogP contribution < -0.4 is 5.73 Å². The predicted molar refractivity (Wildman–Crippen MR) is 76.3 cm³/mol. The Kier molecular flexibility index (Phi) is 4.35. The van der Waals surface area contributed by atoms with Crippen LogP contribution in [0.4, 0.5) is 0 Å². The van der Waals surface area contributed by atoms with E-state index in [4.69, 9.17) is 5.73 Å². The van der Waals surface area contributed by atoms with Crippen molar-refractivity contribution in [3.8, 4) is 10.4 Å². The number of unbranched alkanes of at least 4 members (excludes halogenated alkanes) is 1.